The van der Waals surface area contributed by atoms with Crippen LogP contribution < -0.4 is 14.9 Å². The van der Waals surface area contributed by atoms with Gasteiger partial charge in [0.2, 0.25) is 6.79 Å². The number of nitrogens with zero attached hydrogens (tertiary/aromatic N) is 2. The zero-order valence-corrected chi connectivity index (χ0v) is 13.1. The Morgan fingerprint density at radius 1 is 1.12 bits per heavy atom. The van der Waals surface area contributed by atoms with Crippen molar-refractivity contribution in [2.45, 2.75) is 0 Å². The second-order valence-corrected chi connectivity index (χ2v) is 5.34. The molecular weight excluding hydrogens is 320 g/mol. The number of hydrogen-bond donors (Lipinski definition) is 2. The van der Waals surface area contributed by atoms with E-state index in [1.54, 1.807) is 18.2 Å². The lowest BCUT2D eigenvalue weighted by atomic mass is 10.1. The first-order valence-electron chi connectivity index (χ1n) is 7.63. The molecule has 0 spiro atoms. The van der Waals surface area contributed by atoms with Crippen LogP contribution in [0.2, 0.25) is 0 Å². The van der Waals surface area contributed by atoms with Gasteiger partial charge in [0.25, 0.3) is 5.91 Å². The normalized spacial score (nSPS) is 12.5. The minimum absolute atomic E-state index is 0.218. The van der Waals surface area contributed by atoms with Gasteiger partial charge in [0.1, 0.15) is 5.69 Å². The number of benzene rings is 2. The van der Waals surface area contributed by atoms with Gasteiger partial charge in [-0.1, -0.05) is 30.3 Å². The van der Waals surface area contributed by atoms with Crippen molar-refractivity contribution in [1.29, 1.82) is 0 Å². The molecular formula is C18H14N4O3. The topological polar surface area (TPSA) is 88.6 Å². The third-order valence-electron chi connectivity index (χ3n) is 3.67. The van der Waals surface area contributed by atoms with Crippen molar-refractivity contribution in [3.05, 3.63) is 65.9 Å². The number of hydrogen-bond acceptors (Lipinski definition) is 5. The maximum Gasteiger partial charge on any atom is 0.289 e. The number of carbonyl (C=O) groups is 1. The Balaban J connectivity index is 1.41. The van der Waals surface area contributed by atoms with Gasteiger partial charge in [-0.15, -0.1) is 0 Å². The summed E-state index contributed by atoms with van der Waals surface area (Å²) in [5.41, 5.74) is 5.22. The first kappa shape index (κ1) is 14.9. The van der Waals surface area contributed by atoms with Crippen LogP contribution in [-0.2, 0) is 0 Å². The van der Waals surface area contributed by atoms with Gasteiger partial charge in [0.15, 0.2) is 11.5 Å². The van der Waals surface area contributed by atoms with Crippen LogP contribution in [-0.4, -0.2) is 29.1 Å². The molecule has 0 atom stereocenters. The quantitative estimate of drug-likeness (QED) is 0.567. The molecule has 1 aliphatic heterocycles. The third-order valence-corrected chi connectivity index (χ3v) is 3.67. The minimum Gasteiger partial charge on any atom is -0.454 e. The molecule has 124 valence electrons. The number of rotatable bonds is 4. The van der Waals surface area contributed by atoms with E-state index in [9.17, 15) is 4.79 Å². The second kappa shape index (κ2) is 6.48. The van der Waals surface area contributed by atoms with Gasteiger partial charge in [-0.05, 0) is 29.8 Å². The van der Waals surface area contributed by atoms with Crippen LogP contribution in [0, 0.1) is 0 Å². The fourth-order valence-electron chi connectivity index (χ4n) is 2.41. The Morgan fingerprint density at radius 3 is 2.84 bits per heavy atom. The highest BCUT2D eigenvalue weighted by molar-refractivity contribution is 5.94. The van der Waals surface area contributed by atoms with E-state index in [1.807, 2.05) is 36.4 Å². The highest BCUT2D eigenvalue weighted by Crippen LogP contribution is 2.31. The van der Waals surface area contributed by atoms with Gasteiger partial charge in [-0.2, -0.15) is 10.2 Å². The molecule has 1 aromatic heterocycles. The van der Waals surface area contributed by atoms with Crippen LogP contribution in [0.25, 0.3) is 11.3 Å². The molecule has 3 aromatic rings. The van der Waals surface area contributed by atoms with Crippen molar-refractivity contribution in [2.75, 3.05) is 6.79 Å². The average molecular weight is 334 g/mol. The first-order chi connectivity index (χ1) is 12.3. The van der Waals surface area contributed by atoms with Gasteiger partial charge in [-0.3, -0.25) is 9.89 Å². The smallest absolute Gasteiger partial charge is 0.289 e. The largest absolute Gasteiger partial charge is 0.454 e. The lowest BCUT2D eigenvalue weighted by Gasteiger charge is -1.98. The molecule has 1 aliphatic rings. The molecule has 4 rings (SSSR count). The fourth-order valence-corrected chi connectivity index (χ4v) is 2.41. The average Bonchev–Trinajstić information content (AvgIpc) is 3.31. The zero-order valence-electron chi connectivity index (χ0n) is 13.1. The van der Waals surface area contributed by atoms with E-state index in [0.29, 0.717) is 22.9 Å². The summed E-state index contributed by atoms with van der Waals surface area (Å²) in [6.45, 7) is 0.218. The summed E-state index contributed by atoms with van der Waals surface area (Å²) >= 11 is 0. The van der Waals surface area contributed by atoms with Crippen molar-refractivity contribution >= 4 is 12.1 Å². The van der Waals surface area contributed by atoms with E-state index in [4.69, 9.17) is 9.47 Å². The number of hydrazone groups is 1. The van der Waals surface area contributed by atoms with Crippen molar-refractivity contribution in [3.63, 3.8) is 0 Å². The Labute approximate surface area is 143 Å². The molecule has 0 bridgehead atoms. The molecule has 2 N–H and O–H groups in total. The Bertz CT molecular complexity index is 935. The lowest BCUT2D eigenvalue weighted by Crippen LogP contribution is -2.17. The summed E-state index contributed by atoms with van der Waals surface area (Å²) in [4.78, 5) is 12.1. The van der Waals surface area contributed by atoms with Gasteiger partial charge in [0, 0.05) is 5.56 Å². The summed E-state index contributed by atoms with van der Waals surface area (Å²) in [6.07, 6.45) is 1.54. The highest BCUT2D eigenvalue weighted by Gasteiger charge is 2.13. The molecule has 0 saturated heterocycles. The molecule has 2 aromatic carbocycles. The van der Waals surface area contributed by atoms with Crippen molar-refractivity contribution < 1.29 is 14.3 Å². The standard InChI is InChI=1S/C18H14N4O3/c23-18(15-9-14(20-21-15)13-4-2-1-3-5-13)22-19-10-12-6-7-16-17(8-12)25-11-24-16/h1-10H,11H2,(H,20,21)(H,22,23)/b19-10+. The Hall–Kier alpha value is -3.61. The molecule has 0 radical (unpaired) electrons. The van der Waals surface area contributed by atoms with Gasteiger partial charge in [-0.25, -0.2) is 5.43 Å². The van der Waals surface area contributed by atoms with Gasteiger partial charge >= 0.3 is 0 Å². The summed E-state index contributed by atoms with van der Waals surface area (Å²) in [5.74, 6) is 0.995. The first-order valence-corrected chi connectivity index (χ1v) is 7.63. The van der Waals surface area contributed by atoms with E-state index >= 15 is 0 Å². The minimum atomic E-state index is -0.369. The molecule has 0 aliphatic carbocycles. The van der Waals surface area contributed by atoms with Crippen LogP contribution in [0.3, 0.4) is 0 Å². The molecule has 1 amide bonds. The van der Waals surface area contributed by atoms with Crippen molar-refractivity contribution in [1.82, 2.24) is 15.6 Å². The molecule has 25 heavy (non-hydrogen) atoms. The van der Waals surface area contributed by atoms with Crippen LogP contribution in [0.15, 0.2) is 59.7 Å². The molecule has 2 heterocycles. The van der Waals surface area contributed by atoms with Crippen LogP contribution in [0.5, 0.6) is 11.5 Å². The van der Waals surface area contributed by atoms with E-state index in [1.165, 1.54) is 6.21 Å². The van der Waals surface area contributed by atoms with Crippen LogP contribution in [0.1, 0.15) is 16.1 Å². The molecule has 7 nitrogen and oxygen atoms in total. The second-order valence-electron chi connectivity index (χ2n) is 5.34. The summed E-state index contributed by atoms with van der Waals surface area (Å²) in [5, 5.41) is 10.8. The Kier molecular flexibility index (Phi) is 3.88. The highest BCUT2D eigenvalue weighted by atomic mass is 16.7. The third kappa shape index (κ3) is 3.20. The number of H-pyrrole nitrogens is 1. The van der Waals surface area contributed by atoms with E-state index in [0.717, 1.165) is 11.1 Å². The lowest BCUT2D eigenvalue weighted by molar-refractivity contribution is 0.0950. The molecule has 7 heteroatoms. The SMILES string of the molecule is O=C(N/N=C/c1ccc2c(c1)OCO2)c1cc(-c2ccccc2)n[nH]1. The number of amides is 1. The zero-order chi connectivity index (χ0) is 17.1. The van der Waals surface area contributed by atoms with E-state index in [2.05, 4.69) is 20.7 Å². The maximum absolute atomic E-state index is 12.1. The number of nitrogens with one attached hydrogen (secondary N) is 2. The number of aromatic nitrogens is 2. The number of fused-ring (bicyclic) bond motifs is 1. The number of aromatic amines is 1. The summed E-state index contributed by atoms with van der Waals surface area (Å²) in [6, 6.07) is 16.7. The van der Waals surface area contributed by atoms with Crippen LogP contribution >= 0.6 is 0 Å². The molecule has 0 saturated carbocycles. The fraction of sp³-hybridized carbons (Fsp3) is 0.0556. The van der Waals surface area contributed by atoms with Gasteiger partial charge < -0.3 is 9.47 Å². The number of carbonyl (C=O) groups excluding carboxylic acids is 1. The molecule has 0 fully saturated rings. The van der Waals surface area contributed by atoms with Crippen molar-refractivity contribution in [3.8, 4) is 22.8 Å². The predicted octanol–water partition coefficient (Wildman–Crippen LogP) is 2.57. The van der Waals surface area contributed by atoms with Gasteiger partial charge in [0.05, 0.1) is 11.9 Å². The van der Waals surface area contributed by atoms with Crippen molar-refractivity contribution in [2.24, 2.45) is 5.10 Å². The molecule has 0 unspecified atom stereocenters. The van der Waals surface area contributed by atoms with E-state index < -0.39 is 0 Å². The summed E-state index contributed by atoms with van der Waals surface area (Å²) in [7, 11) is 0. The van der Waals surface area contributed by atoms with Crippen LogP contribution in [0.4, 0.5) is 0 Å². The monoisotopic (exact) mass is 334 g/mol. The summed E-state index contributed by atoms with van der Waals surface area (Å²) < 4.78 is 10.5. The Morgan fingerprint density at radius 2 is 1.96 bits per heavy atom. The predicted molar refractivity (Wildman–Crippen MR) is 91.6 cm³/mol. The van der Waals surface area contributed by atoms with E-state index in [-0.39, 0.29) is 12.7 Å². The number of ether oxygens (including phenoxy) is 2. The maximum atomic E-state index is 12.1.